The van der Waals surface area contributed by atoms with Crippen LogP contribution in [0.3, 0.4) is 0 Å². The van der Waals surface area contributed by atoms with E-state index in [0.717, 1.165) is 37.4 Å². The lowest BCUT2D eigenvalue weighted by molar-refractivity contribution is 0.0456. The largest absolute Gasteiger partial charge is 0.393 e. The molecular formula is C16H26N2O. The van der Waals surface area contributed by atoms with Crippen molar-refractivity contribution in [3.05, 3.63) is 29.6 Å². The third kappa shape index (κ3) is 4.29. The number of hydrogen-bond acceptors (Lipinski definition) is 3. The fraction of sp³-hybridized carbons (Fsp3) is 0.688. The topological polar surface area (TPSA) is 36.4 Å². The Morgan fingerprint density at radius 3 is 2.79 bits per heavy atom. The average Bonchev–Trinajstić information content (AvgIpc) is 2.40. The summed E-state index contributed by atoms with van der Waals surface area (Å²) in [4.78, 5) is 6.97. The fourth-order valence-corrected chi connectivity index (χ4v) is 2.95. The molecule has 1 saturated carbocycles. The molecule has 2 rings (SSSR count). The number of pyridine rings is 1. The predicted octanol–water partition coefficient (Wildman–Crippen LogP) is 2.76. The molecule has 106 valence electrons. The number of hydrogen-bond donors (Lipinski definition) is 1. The van der Waals surface area contributed by atoms with Crippen LogP contribution in [0.2, 0.25) is 0 Å². The fourth-order valence-electron chi connectivity index (χ4n) is 2.95. The Bertz CT molecular complexity index is 394. The molecule has 1 aliphatic carbocycles. The molecule has 0 radical (unpaired) electrons. The van der Waals surface area contributed by atoms with Crippen molar-refractivity contribution >= 4 is 0 Å². The Morgan fingerprint density at radius 2 is 2.11 bits per heavy atom. The van der Waals surface area contributed by atoms with Crippen LogP contribution in [0.4, 0.5) is 0 Å². The first-order valence-corrected chi connectivity index (χ1v) is 7.52. The number of aromatic nitrogens is 1. The van der Waals surface area contributed by atoms with Crippen molar-refractivity contribution in [3.63, 3.8) is 0 Å². The van der Waals surface area contributed by atoms with Gasteiger partial charge in [-0.3, -0.25) is 9.88 Å². The van der Waals surface area contributed by atoms with E-state index in [9.17, 15) is 5.11 Å². The van der Waals surface area contributed by atoms with E-state index in [1.54, 1.807) is 0 Å². The van der Waals surface area contributed by atoms with E-state index in [1.165, 1.54) is 19.3 Å². The Balaban J connectivity index is 1.92. The van der Waals surface area contributed by atoms with Gasteiger partial charge in [0.15, 0.2) is 0 Å². The van der Waals surface area contributed by atoms with E-state index in [4.69, 9.17) is 0 Å². The minimum atomic E-state index is -0.103. The van der Waals surface area contributed by atoms with Gasteiger partial charge < -0.3 is 5.11 Å². The van der Waals surface area contributed by atoms with Gasteiger partial charge >= 0.3 is 0 Å². The molecule has 0 aliphatic heterocycles. The number of aryl methyl sites for hydroxylation is 1. The van der Waals surface area contributed by atoms with Crippen LogP contribution in [0.25, 0.3) is 0 Å². The third-order valence-corrected chi connectivity index (χ3v) is 4.14. The zero-order chi connectivity index (χ0) is 13.7. The van der Waals surface area contributed by atoms with Crippen molar-refractivity contribution in [2.75, 3.05) is 13.1 Å². The van der Waals surface area contributed by atoms with E-state index in [1.807, 2.05) is 13.0 Å². The predicted molar refractivity (Wildman–Crippen MR) is 77.9 cm³/mol. The summed E-state index contributed by atoms with van der Waals surface area (Å²) >= 11 is 0. The molecular weight excluding hydrogens is 236 g/mol. The maximum Gasteiger partial charge on any atom is 0.0580 e. The molecule has 1 aromatic heterocycles. The van der Waals surface area contributed by atoms with E-state index in [0.29, 0.717) is 5.92 Å². The average molecular weight is 262 g/mol. The summed E-state index contributed by atoms with van der Waals surface area (Å²) in [7, 11) is 0. The summed E-state index contributed by atoms with van der Waals surface area (Å²) in [5.74, 6) is 0.443. The van der Waals surface area contributed by atoms with E-state index in [-0.39, 0.29) is 6.10 Å². The van der Waals surface area contributed by atoms with Gasteiger partial charge in [0.25, 0.3) is 0 Å². The molecule has 2 atom stereocenters. The first-order valence-electron chi connectivity index (χ1n) is 7.52. The van der Waals surface area contributed by atoms with Gasteiger partial charge in [-0.2, -0.15) is 0 Å². The van der Waals surface area contributed by atoms with Gasteiger partial charge in [-0.05, 0) is 44.4 Å². The second-order valence-electron chi connectivity index (χ2n) is 5.71. The first-order chi connectivity index (χ1) is 9.19. The van der Waals surface area contributed by atoms with Crippen molar-refractivity contribution in [1.82, 2.24) is 9.88 Å². The van der Waals surface area contributed by atoms with Crippen molar-refractivity contribution in [1.29, 1.82) is 0 Å². The second kappa shape index (κ2) is 7.01. The Kier molecular flexibility index (Phi) is 5.34. The number of aliphatic hydroxyl groups is 1. The summed E-state index contributed by atoms with van der Waals surface area (Å²) in [6.07, 6.45) is 4.49. The van der Waals surface area contributed by atoms with Crippen LogP contribution in [0, 0.1) is 12.8 Å². The van der Waals surface area contributed by atoms with Gasteiger partial charge in [-0.1, -0.05) is 25.8 Å². The molecule has 1 heterocycles. The lowest BCUT2D eigenvalue weighted by Gasteiger charge is -2.32. The number of rotatable bonds is 5. The zero-order valence-electron chi connectivity index (χ0n) is 12.2. The molecule has 1 N–H and O–H groups in total. The molecule has 3 nitrogen and oxygen atoms in total. The van der Waals surface area contributed by atoms with Crippen molar-refractivity contribution in [2.45, 2.75) is 52.2 Å². The molecule has 0 saturated heterocycles. The SMILES string of the molecule is CCN(Cc1cccc(C)n1)CC1CCCCC1O. The zero-order valence-corrected chi connectivity index (χ0v) is 12.2. The standard InChI is InChI=1S/C16H26N2O/c1-3-18(11-14-8-4-5-10-16(14)19)12-15-9-6-7-13(2)17-15/h6-7,9,14,16,19H,3-5,8,10-12H2,1-2H3. The first kappa shape index (κ1) is 14.5. The van der Waals surface area contributed by atoms with Crippen LogP contribution in [-0.2, 0) is 6.54 Å². The number of aliphatic hydroxyl groups excluding tert-OH is 1. The maximum atomic E-state index is 10.1. The molecule has 2 unspecified atom stereocenters. The Hall–Kier alpha value is -0.930. The van der Waals surface area contributed by atoms with Crippen LogP contribution in [0.5, 0.6) is 0 Å². The summed E-state index contributed by atoms with van der Waals surface area (Å²) in [6, 6.07) is 6.19. The van der Waals surface area contributed by atoms with E-state index < -0.39 is 0 Å². The van der Waals surface area contributed by atoms with Gasteiger partial charge in [-0.15, -0.1) is 0 Å². The van der Waals surface area contributed by atoms with Gasteiger partial charge in [0.05, 0.1) is 11.8 Å². The maximum absolute atomic E-state index is 10.1. The smallest absolute Gasteiger partial charge is 0.0580 e. The van der Waals surface area contributed by atoms with Crippen LogP contribution < -0.4 is 0 Å². The molecule has 0 amide bonds. The van der Waals surface area contributed by atoms with Gasteiger partial charge in [0.2, 0.25) is 0 Å². The molecule has 0 bridgehead atoms. The molecule has 1 aliphatic rings. The quantitative estimate of drug-likeness (QED) is 0.886. The summed E-state index contributed by atoms with van der Waals surface area (Å²) in [6.45, 7) is 7.11. The molecule has 19 heavy (non-hydrogen) atoms. The normalized spacial score (nSPS) is 23.8. The van der Waals surface area contributed by atoms with Crippen LogP contribution in [0.15, 0.2) is 18.2 Å². The molecule has 1 fully saturated rings. The van der Waals surface area contributed by atoms with E-state index in [2.05, 4.69) is 28.9 Å². The third-order valence-electron chi connectivity index (χ3n) is 4.14. The minimum Gasteiger partial charge on any atom is -0.393 e. The summed E-state index contributed by atoms with van der Waals surface area (Å²) in [5, 5.41) is 10.1. The van der Waals surface area contributed by atoms with Crippen molar-refractivity contribution < 1.29 is 5.11 Å². The summed E-state index contributed by atoms with van der Waals surface area (Å²) in [5.41, 5.74) is 2.21. The highest BCUT2D eigenvalue weighted by Gasteiger charge is 2.24. The van der Waals surface area contributed by atoms with Gasteiger partial charge in [0.1, 0.15) is 0 Å². The highest BCUT2D eigenvalue weighted by Crippen LogP contribution is 2.25. The van der Waals surface area contributed by atoms with Gasteiger partial charge in [0, 0.05) is 18.8 Å². The van der Waals surface area contributed by atoms with Crippen molar-refractivity contribution in [2.24, 2.45) is 5.92 Å². The van der Waals surface area contributed by atoms with E-state index >= 15 is 0 Å². The minimum absolute atomic E-state index is 0.103. The van der Waals surface area contributed by atoms with Crippen molar-refractivity contribution in [3.8, 4) is 0 Å². The second-order valence-corrected chi connectivity index (χ2v) is 5.71. The molecule has 1 aromatic rings. The Morgan fingerprint density at radius 1 is 1.32 bits per heavy atom. The highest BCUT2D eigenvalue weighted by atomic mass is 16.3. The lowest BCUT2D eigenvalue weighted by atomic mass is 9.86. The monoisotopic (exact) mass is 262 g/mol. The number of nitrogens with zero attached hydrogens (tertiary/aromatic N) is 2. The highest BCUT2D eigenvalue weighted by molar-refractivity contribution is 5.09. The van der Waals surface area contributed by atoms with Crippen LogP contribution >= 0.6 is 0 Å². The lowest BCUT2D eigenvalue weighted by Crippen LogP contribution is -2.36. The van der Waals surface area contributed by atoms with Crippen LogP contribution in [-0.4, -0.2) is 34.2 Å². The summed E-state index contributed by atoms with van der Waals surface area (Å²) < 4.78 is 0. The van der Waals surface area contributed by atoms with Crippen LogP contribution in [0.1, 0.15) is 44.0 Å². The van der Waals surface area contributed by atoms with Gasteiger partial charge in [-0.25, -0.2) is 0 Å². The molecule has 0 spiro atoms. The molecule has 0 aromatic carbocycles. The Labute approximate surface area is 116 Å². The molecule has 3 heteroatoms.